The van der Waals surface area contributed by atoms with E-state index in [0.717, 1.165) is 10.7 Å². The van der Waals surface area contributed by atoms with Crippen molar-refractivity contribution < 1.29 is 26.0 Å². The van der Waals surface area contributed by atoms with Gasteiger partial charge in [-0.3, -0.25) is 4.98 Å². The second-order valence-electron chi connectivity index (χ2n) is 5.59. The zero-order chi connectivity index (χ0) is 19.9. The van der Waals surface area contributed by atoms with Crippen molar-refractivity contribution >= 4 is 10.0 Å². The Kier molecular flexibility index (Phi) is 4.74. The SMILES string of the molecule is Cc1ncccc1-n1nc(C(F)F)cc1-c1cc(F)c(S(N)(=O)=O)c(F)c1. The number of nitrogens with zero attached hydrogens (tertiary/aromatic N) is 3. The van der Waals surface area contributed by atoms with E-state index in [1.807, 2.05) is 0 Å². The molecule has 2 aromatic heterocycles. The fourth-order valence-electron chi connectivity index (χ4n) is 2.57. The molecule has 27 heavy (non-hydrogen) atoms. The van der Waals surface area contributed by atoms with E-state index in [2.05, 4.69) is 10.1 Å². The second-order valence-corrected chi connectivity index (χ2v) is 7.09. The molecule has 0 aliphatic carbocycles. The number of pyridine rings is 1. The van der Waals surface area contributed by atoms with Gasteiger partial charge in [0.25, 0.3) is 6.43 Å². The summed E-state index contributed by atoms with van der Waals surface area (Å²) in [6, 6.07) is 5.43. The maximum atomic E-state index is 14.2. The lowest BCUT2D eigenvalue weighted by Crippen LogP contribution is -2.16. The number of primary sulfonamides is 1. The molecule has 2 N–H and O–H groups in total. The van der Waals surface area contributed by atoms with Crippen LogP contribution in [0.4, 0.5) is 17.6 Å². The van der Waals surface area contributed by atoms with Gasteiger partial charge in [-0.1, -0.05) is 0 Å². The predicted octanol–water partition coefficient (Wildman–Crippen LogP) is 3.11. The summed E-state index contributed by atoms with van der Waals surface area (Å²) in [6.07, 6.45) is -1.45. The van der Waals surface area contributed by atoms with Crippen LogP contribution >= 0.6 is 0 Å². The largest absolute Gasteiger partial charge is 0.282 e. The van der Waals surface area contributed by atoms with Crippen molar-refractivity contribution in [2.24, 2.45) is 5.14 Å². The second kappa shape index (κ2) is 6.74. The first kappa shape index (κ1) is 19.0. The minimum atomic E-state index is -4.64. The Morgan fingerprint density at radius 1 is 1.15 bits per heavy atom. The summed E-state index contributed by atoms with van der Waals surface area (Å²) in [5.41, 5.74) is -0.134. The summed E-state index contributed by atoms with van der Waals surface area (Å²) < 4.78 is 78.3. The molecule has 1 aromatic carbocycles. The zero-order valence-corrected chi connectivity index (χ0v) is 14.5. The lowest BCUT2D eigenvalue weighted by atomic mass is 10.1. The van der Waals surface area contributed by atoms with Crippen LogP contribution in [0.3, 0.4) is 0 Å². The molecule has 6 nitrogen and oxygen atoms in total. The molecule has 3 rings (SSSR count). The first-order valence-corrected chi connectivity index (χ1v) is 8.96. The molecule has 0 atom stereocenters. The third kappa shape index (κ3) is 3.55. The third-order valence-electron chi connectivity index (χ3n) is 3.74. The van der Waals surface area contributed by atoms with Crippen molar-refractivity contribution in [2.45, 2.75) is 18.2 Å². The molecule has 3 aromatic rings. The number of nitrogens with two attached hydrogens (primary N) is 1. The van der Waals surface area contributed by atoms with E-state index in [4.69, 9.17) is 5.14 Å². The minimum Gasteiger partial charge on any atom is -0.259 e. The van der Waals surface area contributed by atoms with Gasteiger partial charge in [-0.05, 0) is 37.3 Å². The van der Waals surface area contributed by atoms with Gasteiger partial charge in [0.15, 0.2) is 4.90 Å². The van der Waals surface area contributed by atoms with Gasteiger partial charge in [0.2, 0.25) is 10.0 Å². The van der Waals surface area contributed by atoms with Gasteiger partial charge in [-0.2, -0.15) is 5.10 Å². The van der Waals surface area contributed by atoms with E-state index in [1.165, 1.54) is 6.20 Å². The Bertz CT molecular complexity index is 1110. The number of rotatable bonds is 4. The number of sulfonamides is 1. The standard InChI is InChI=1S/C16H12F4N4O2S/c1-8-13(3-2-4-22-8)24-14(7-12(23-24)16(19)20)9-5-10(17)15(11(18)6-9)27(21,25)26/h2-7,16H,1H3,(H2,21,25,26). The average molecular weight is 400 g/mol. The monoisotopic (exact) mass is 400 g/mol. The Labute approximate surface area is 151 Å². The molecule has 0 aliphatic heterocycles. The van der Waals surface area contributed by atoms with E-state index in [1.54, 1.807) is 19.1 Å². The smallest absolute Gasteiger partial charge is 0.259 e. The van der Waals surface area contributed by atoms with Crippen LogP contribution in [0.15, 0.2) is 41.4 Å². The summed E-state index contributed by atoms with van der Waals surface area (Å²) in [7, 11) is -4.64. The maximum absolute atomic E-state index is 14.2. The zero-order valence-electron chi connectivity index (χ0n) is 13.7. The molecular formula is C16H12F4N4O2S. The summed E-state index contributed by atoms with van der Waals surface area (Å²) in [4.78, 5) is 2.73. The normalized spacial score (nSPS) is 12.0. The lowest BCUT2D eigenvalue weighted by Gasteiger charge is -2.11. The van der Waals surface area contributed by atoms with Crippen LogP contribution in [0, 0.1) is 18.6 Å². The van der Waals surface area contributed by atoms with Crippen LogP contribution < -0.4 is 5.14 Å². The highest BCUT2D eigenvalue weighted by molar-refractivity contribution is 7.89. The minimum absolute atomic E-state index is 0.0693. The fraction of sp³-hybridized carbons (Fsp3) is 0.125. The van der Waals surface area contributed by atoms with Gasteiger partial charge in [0.05, 0.1) is 17.1 Å². The molecule has 0 saturated carbocycles. The molecule has 0 radical (unpaired) electrons. The van der Waals surface area contributed by atoms with E-state index in [9.17, 15) is 26.0 Å². The molecule has 11 heteroatoms. The Morgan fingerprint density at radius 3 is 2.30 bits per heavy atom. The van der Waals surface area contributed by atoms with Crippen LogP contribution in [0.1, 0.15) is 17.8 Å². The Hall–Kier alpha value is -2.79. The number of halogens is 4. The van der Waals surface area contributed by atoms with Crippen molar-refractivity contribution in [3.63, 3.8) is 0 Å². The number of alkyl halides is 2. The number of benzene rings is 1. The first-order chi connectivity index (χ1) is 12.6. The first-order valence-electron chi connectivity index (χ1n) is 7.42. The molecule has 0 unspecified atom stereocenters. The van der Waals surface area contributed by atoms with Gasteiger partial charge >= 0.3 is 0 Å². The molecule has 0 spiro atoms. The van der Waals surface area contributed by atoms with Crippen molar-refractivity contribution in [1.82, 2.24) is 14.8 Å². The quantitative estimate of drug-likeness (QED) is 0.682. The molecule has 0 fully saturated rings. The van der Waals surface area contributed by atoms with Crippen molar-refractivity contribution in [3.8, 4) is 16.9 Å². The van der Waals surface area contributed by atoms with Gasteiger partial charge < -0.3 is 0 Å². The van der Waals surface area contributed by atoms with Crippen LogP contribution in [0.25, 0.3) is 16.9 Å². The van der Waals surface area contributed by atoms with Gasteiger partial charge in [0, 0.05) is 11.8 Å². The van der Waals surface area contributed by atoms with E-state index in [-0.39, 0.29) is 11.3 Å². The number of hydrogen-bond acceptors (Lipinski definition) is 4. The number of aryl methyl sites for hydroxylation is 1. The summed E-state index contributed by atoms with van der Waals surface area (Å²) in [6.45, 7) is 1.61. The summed E-state index contributed by atoms with van der Waals surface area (Å²) in [5, 5.41) is 8.59. The third-order valence-corrected chi connectivity index (χ3v) is 4.70. The van der Waals surface area contributed by atoms with Crippen LogP contribution in [0.2, 0.25) is 0 Å². The van der Waals surface area contributed by atoms with Gasteiger partial charge in [-0.15, -0.1) is 0 Å². The predicted molar refractivity (Wildman–Crippen MR) is 87.8 cm³/mol. The summed E-state index contributed by atoms with van der Waals surface area (Å²) >= 11 is 0. The van der Waals surface area contributed by atoms with Crippen LogP contribution in [-0.4, -0.2) is 23.2 Å². The molecule has 0 saturated heterocycles. The van der Waals surface area contributed by atoms with Crippen LogP contribution in [0.5, 0.6) is 0 Å². The van der Waals surface area contributed by atoms with Gasteiger partial charge in [0.1, 0.15) is 17.3 Å². The number of aromatic nitrogens is 3. The molecule has 2 heterocycles. The summed E-state index contributed by atoms with van der Waals surface area (Å²) in [5.74, 6) is -2.89. The molecule has 142 valence electrons. The average Bonchev–Trinajstić information content (AvgIpc) is 2.98. The van der Waals surface area contributed by atoms with E-state index >= 15 is 0 Å². The molecular weight excluding hydrogens is 388 g/mol. The molecule has 0 bridgehead atoms. The highest BCUT2D eigenvalue weighted by Crippen LogP contribution is 2.31. The van der Waals surface area contributed by atoms with Gasteiger partial charge in [-0.25, -0.2) is 35.8 Å². The van der Waals surface area contributed by atoms with Crippen molar-refractivity contribution in [3.05, 3.63) is 59.6 Å². The van der Waals surface area contributed by atoms with E-state index in [0.29, 0.717) is 23.5 Å². The Morgan fingerprint density at radius 2 is 1.78 bits per heavy atom. The molecule has 0 amide bonds. The Balaban J connectivity index is 2.28. The lowest BCUT2D eigenvalue weighted by molar-refractivity contribution is 0.145. The van der Waals surface area contributed by atoms with Crippen LogP contribution in [-0.2, 0) is 10.0 Å². The number of hydrogen-bond donors (Lipinski definition) is 1. The van der Waals surface area contributed by atoms with Crippen molar-refractivity contribution in [2.75, 3.05) is 0 Å². The maximum Gasteiger partial charge on any atom is 0.282 e. The highest BCUT2D eigenvalue weighted by Gasteiger charge is 2.24. The fourth-order valence-corrected chi connectivity index (χ4v) is 3.24. The topological polar surface area (TPSA) is 90.9 Å². The van der Waals surface area contributed by atoms with E-state index < -0.39 is 38.7 Å². The molecule has 0 aliphatic rings. The van der Waals surface area contributed by atoms with Crippen molar-refractivity contribution in [1.29, 1.82) is 0 Å². The highest BCUT2D eigenvalue weighted by atomic mass is 32.2.